The zero-order valence-corrected chi connectivity index (χ0v) is 12.1. The standard InChI is InChI=1S/C15H14ClN3O2/c1-9-12(16)3-2-4-13(9)18-15(20)11-7-5-10(6-8-11)14(17)19-21/h2-8,21H,1H3,(H2,17,19)(H,18,20). The highest BCUT2D eigenvalue weighted by molar-refractivity contribution is 6.31. The Morgan fingerprint density at radius 3 is 2.43 bits per heavy atom. The van der Waals surface area contributed by atoms with Gasteiger partial charge in [-0.2, -0.15) is 0 Å². The van der Waals surface area contributed by atoms with E-state index < -0.39 is 0 Å². The Morgan fingerprint density at radius 2 is 1.81 bits per heavy atom. The number of rotatable bonds is 3. The maximum atomic E-state index is 12.2. The summed E-state index contributed by atoms with van der Waals surface area (Å²) in [5.41, 5.74) is 7.93. The summed E-state index contributed by atoms with van der Waals surface area (Å²) in [4.78, 5) is 12.2. The van der Waals surface area contributed by atoms with Crippen molar-refractivity contribution in [3.63, 3.8) is 0 Å². The second-order valence-electron chi connectivity index (χ2n) is 4.43. The molecule has 5 nitrogen and oxygen atoms in total. The summed E-state index contributed by atoms with van der Waals surface area (Å²) in [6, 6.07) is 11.7. The van der Waals surface area contributed by atoms with Crippen molar-refractivity contribution in [2.45, 2.75) is 6.92 Å². The van der Waals surface area contributed by atoms with Crippen LogP contribution in [0.5, 0.6) is 0 Å². The molecule has 0 saturated carbocycles. The lowest BCUT2D eigenvalue weighted by Gasteiger charge is -2.09. The Morgan fingerprint density at radius 1 is 1.19 bits per heavy atom. The fourth-order valence-electron chi connectivity index (χ4n) is 1.79. The molecule has 0 unspecified atom stereocenters. The van der Waals surface area contributed by atoms with Crippen LogP contribution in [0.3, 0.4) is 0 Å². The SMILES string of the molecule is Cc1c(Cl)cccc1NC(=O)c1ccc(/C(N)=N/O)cc1. The highest BCUT2D eigenvalue weighted by Crippen LogP contribution is 2.23. The Balaban J connectivity index is 2.19. The summed E-state index contributed by atoms with van der Waals surface area (Å²) >= 11 is 6.01. The molecule has 1 amide bonds. The van der Waals surface area contributed by atoms with Gasteiger partial charge in [-0.15, -0.1) is 0 Å². The van der Waals surface area contributed by atoms with E-state index in [2.05, 4.69) is 10.5 Å². The third-order valence-corrected chi connectivity index (χ3v) is 3.48. The second kappa shape index (κ2) is 6.28. The third kappa shape index (κ3) is 3.32. The van der Waals surface area contributed by atoms with Gasteiger partial charge in [0.1, 0.15) is 0 Å². The molecule has 0 fully saturated rings. The maximum Gasteiger partial charge on any atom is 0.255 e. The van der Waals surface area contributed by atoms with Crippen molar-refractivity contribution in [2.24, 2.45) is 10.9 Å². The smallest absolute Gasteiger partial charge is 0.255 e. The molecule has 108 valence electrons. The van der Waals surface area contributed by atoms with Crippen molar-refractivity contribution in [2.75, 3.05) is 5.32 Å². The Kier molecular flexibility index (Phi) is 4.45. The second-order valence-corrected chi connectivity index (χ2v) is 4.84. The molecule has 0 atom stereocenters. The first-order chi connectivity index (χ1) is 10.0. The van der Waals surface area contributed by atoms with Crippen molar-refractivity contribution < 1.29 is 10.0 Å². The first kappa shape index (κ1) is 14.9. The quantitative estimate of drug-likeness (QED) is 0.352. The highest BCUT2D eigenvalue weighted by Gasteiger charge is 2.09. The van der Waals surface area contributed by atoms with E-state index in [1.54, 1.807) is 42.5 Å². The van der Waals surface area contributed by atoms with Gasteiger partial charge in [0.05, 0.1) is 0 Å². The number of anilines is 1. The molecule has 2 aromatic rings. The minimum atomic E-state index is -0.258. The first-order valence-electron chi connectivity index (χ1n) is 6.17. The molecule has 4 N–H and O–H groups in total. The number of nitrogens with one attached hydrogen (secondary N) is 1. The molecule has 0 saturated heterocycles. The lowest BCUT2D eigenvalue weighted by molar-refractivity contribution is 0.102. The van der Waals surface area contributed by atoms with Crippen LogP contribution in [-0.4, -0.2) is 17.0 Å². The highest BCUT2D eigenvalue weighted by atomic mass is 35.5. The van der Waals surface area contributed by atoms with Gasteiger partial charge in [-0.25, -0.2) is 0 Å². The molecule has 0 heterocycles. The van der Waals surface area contributed by atoms with Gasteiger partial charge in [-0.3, -0.25) is 4.79 Å². The average Bonchev–Trinajstić information content (AvgIpc) is 2.51. The molecule has 0 radical (unpaired) electrons. The van der Waals surface area contributed by atoms with E-state index in [4.69, 9.17) is 22.5 Å². The number of oxime groups is 1. The molecule has 2 aromatic carbocycles. The third-order valence-electron chi connectivity index (χ3n) is 3.07. The molecular formula is C15H14ClN3O2. The maximum absolute atomic E-state index is 12.2. The summed E-state index contributed by atoms with van der Waals surface area (Å²) in [5.74, 6) is -0.265. The van der Waals surface area contributed by atoms with Gasteiger partial charge in [-0.1, -0.05) is 35.0 Å². The summed E-state index contributed by atoms with van der Waals surface area (Å²) in [6.45, 7) is 1.83. The minimum Gasteiger partial charge on any atom is -0.409 e. The number of benzene rings is 2. The molecule has 0 aliphatic carbocycles. The zero-order valence-electron chi connectivity index (χ0n) is 11.3. The van der Waals surface area contributed by atoms with Crippen molar-refractivity contribution >= 4 is 29.0 Å². The van der Waals surface area contributed by atoms with Crippen LogP contribution in [0.25, 0.3) is 0 Å². The van der Waals surface area contributed by atoms with E-state index in [1.807, 2.05) is 6.92 Å². The Labute approximate surface area is 127 Å². The van der Waals surface area contributed by atoms with Gasteiger partial charge in [0, 0.05) is 21.8 Å². The number of carbonyl (C=O) groups excluding carboxylic acids is 1. The van der Waals surface area contributed by atoms with Crippen LogP contribution in [0.1, 0.15) is 21.5 Å². The van der Waals surface area contributed by atoms with Gasteiger partial charge in [0.15, 0.2) is 5.84 Å². The van der Waals surface area contributed by atoms with E-state index in [0.29, 0.717) is 21.8 Å². The first-order valence-corrected chi connectivity index (χ1v) is 6.55. The van der Waals surface area contributed by atoms with Crippen LogP contribution < -0.4 is 11.1 Å². The van der Waals surface area contributed by atoms with E-state index in [9.17, 15) is 4.79 Å². The Bertz CT molecular complexity index is 697. The zero-order chi connectivity index (χ0) is 15.4. The Hall–Kier alpha value is -2.53. The van der Waals surface area contributed by atoms with Crippen LogP contribution in [0.15, 0.2) is 47.6 Å². The summed E-state index contributed by atoms with van der Waals surface area (Å²) in [6.07, 6.45) is 0. The van der Waals surface area contributed by atoms with Crippen LogP contribution in [-0.2, 0) is 0 Å². The lowest BCUT2D eigenvalue weighted by Crippen LogP contribution is -2.15. The van der Waals surface area contributed by atoms with Crippen molar-refractivity contribution in [3.8, 4) is 0 Å². The molecule has 0 bridgehead atoms. The number of carbonyl (C=O) groups is 1. The van der Waals surface area contributed by atoms with Crippen molar-refractivity contribution in [1.29, 1.82) is 0 Å². The van der Waals surface area contributed by atoms with E-state index in [0.717, 1.165) is 5.56 Å². The molecule has 2 rings (SSSR count). The molecule has 6 heteroatoms. The average molecular weight is 304 g/mol. The van der Waals surface area contributed by atoms with Crippen molar-refractivity contribution in [3.05, 3.63) is 64.2 Å². The molecule has 21 heavy (non-hydrogen) atoms. The van der Waals surface area contributed by atoms with Crippen molar-refractivity contribution in [1.82, 2.24) is 0 Å². The van der Waals surface area contributed by atoms with Gasteiger partial charge < -0.3 is 16.3 Å². The molecule has 0 aliphatic heterocycles. The number of nitrogens with two attached hydrogens (primary N) is 1. The fraction of sp³-hybridized carbons (Fsp3) is 0.0667. The molecular weight excluding hydrogens is 290 g/mol. The van der Waals surface area contributed by atoms with Crippen LogP contribution in [0.4, 0.5) is 5.69 Å². The van der Waals surface area contributed by atoms with E-state index in [1.165, 1.54) is 0 Å². The summed E-state index contributed by atoms with van der Waals surface area (Å²) in [7, 11) is 0. The van der Waals surface area contributed by atoms with Gasteiger partial charge in [0.2, 0.25) is 0 Å². The predicted molar refractivity (Wildman–Crippen MR) is 83.1 cm³/mol. The summed E-state index contributed by atoms with van der Waals surface area (Å²) in [5, 5.41) is 14.9. The number of amidine groups is 1. The largest absolute Gasteiger partial charge is 0.409 e. The number of nitrogens with zero attached hydrogens (tertiary/aromatic N) is 1. The molecule has 0 spiro atoms. The van der Waals surface area contributed by atoms with Gasteiger partial charge in [-0.05, 0) is 36.8 Å². The fourth-order valence-corrected chi connectivity index (χ4v) is 1.96. The summed E-state index contributed by atoms with van der Waals surface area (Å²) < 4.78 is 0. The predicted octanol–water partition coefficient (Wildman–Crippen LogP) is 3.00. The minimum absolute atomic E-state index is 0.00681. The van der Waals surface area contributed by atoms with Gasteiger partial charge >= 0.3 is 0 Å². The van der Waals surface area contributed by atoms with Crippen LogP contribution in [0.2, 0.25) is 5.02 Å². The normalized spacial score (nSPS) is 11.2. The number of hydrogen-bond acceptors (Lipinski definition) is 3. The van der Waals surface area contributed by atoms with E-state index in [-0.39, 0.29) is 11.7 Å². The molecule has 0 aromatic heterocycles. The van der Waals surface area contributed by atoms with Crippen LogP contribution in [0, 0.1) is 6.92 Å². The van der Waals surface area contributed by atoms with E-state index >= 15 is 0 Å². The monoisotopic (exact) mass is 303 g/mol. The number of hydrogen-bond donors (Lipinski definition) is 3. The van der Waals surface area contributed by atoms with Gasteiger partial charge in [0.25, 0.3) is 5.91 Å². The van der Waals surface area contributed by atoms with Crippen LogP contribution >= 0.6 is 11.6 Å². The molecule has 0 aliphatic rings. The number of halogens is 1. The number of amides is 1. The topological polar surface area (TPSA) is 87.7 Å². The lowest BCUT2D eigenvalue weighted by atomic mass is 10.1.